The van der Waals surface area contributed by atoms with Crippen LogP contribution in [0.2, 0.25) is 5.02 Å². The fourth-order valence-corrected chi connectivity index (χ4v) is 1.70. The van der Waals surface area contributed by atoms with Crippen LogP contribution >= 0.6 is 11.6 Å². The maximum absolute atomic E-state index is 12.7. The standard InChI is InChI=1S/C15H11ClFNO/c16-12-3-1-2-11(10-12)4-9-15(19)18-14-7-5-13(17)6-8-14/h1-10H,(H,18,19). The molecule has 0 atom stereocenters. The van der Waals surface area contributed by atoms with Crippen LogP contribution < -0.4 is 5.32 Å². The van der Waals surface area contributed by atoms with Crippen LogP contribution in [0, 0.1) is 5.82 Å². The van der Waals surface area contributed by atoms with E-state index in [2.05, 4.69) is 5.32 Å². The van der Waals surface area contributed by atoms with Crippen molar-refractivity contribution in [1.82, 2.24) is 0 Å². The summed E-state index contributed by atoms with van der Waals surface area (Å²) in [5, 5.41) is 3.24. The van der Waals surface area contributed by atoms with Gasteiger partial charge in [-0.1, -0.05) is 23.7 Å². The Morgan fingerprint density at radius 1 is 1.16 bits per heavy atom. The summed E-state index contributed by atoms with van der Waals surface area (Å²) in [5.41, 5.74) is 1.38. The fraction of sp³-hybridized carbons (Fsp3) is 0. The minimum absolute atomic E-state index is 0.286. The third-order valence-corrected chi connectivity index (χ3v) is 2.62. The van der Waals surface area contributed by atoms with Gasteiger partial charge in [-0.2, -0.15) is 0 Å². The summed E-state index contributed by atoms with van der Waals surface area (Å²) in [6.45, 7) is 0. The molecule has 0 aliphatic heterocycles. The van der Waals surface area contributed by atoms with Gasteiger partial charge in [0, 0.05) is 16.8 Å². The van der Waals surface area contributed by atoms with Gasteiger partial charge in [0.15, 0.2) is 0 Å². The molecule has 0 spiro atoms. The molecule has 0 unspecified atom stereocenters. The molecule has 2 aromatic rings. The molecule has 0 heterocycles. The second kappa shape index (κ2) is 6.16. The molecule has 0 bridgehead atoms. The number of anilines is 1. The summed E-state index contributed by atoms with van der Waals surface area (Å²) in [4.78, 5) is 11.6. The van der Waals surface area contributed by atoms with E-state index < -0.39 is 0 Å². The van der Waals surface area contributed by atoms with Crippen molar-refractivity contribution < 1.29 is 9.18 Å². The molecule has 0 aliphatic rings. The van der Waals surface area contributed by atoms with Crippen LogP contribution in [-0.4, -0.2) is 5.91 Å². The molecule has 19 heavy (non-hydrogen) atoms. The van der Waals surface area contributed by atoms with Gasteiger partial charge in [0.05, 0.1) is 0 Å². The maximum atomic E-state index is 12.7. The molecule has 0 saturated carbocycles. The van der Waals surface area contributed by atoms with E-state index in [0.717, 1.165) is 5.56 Å². The minimum Gasteiger partial charge on any atom is -0.323 e. The minimum atomic E-state index is -0.340. The van der Waals surface area contributed by atoms with Crippen molar-refractivity contribution in [2.75, 3.05) is 5.32 Å². The largest absolute Gasteiger partial charge is 0.323 e. The summed E-state index contributed by atoms with van der Waals surface area (Å²) in [7, 11) is 0. The molecule has 1 N–H and O–H groups in total. The second-order valence-electron chi connectivity index (χ2n) is 3.88. The monoisotopic (exact) mass is 275 g/mol. The lowest BCUT2D eigenvalue weighted by Gasteiger charge is -2.01. The highest BCUT2D eigenvalue weighted by Gasteiger charge is 1.98. The first-order chi connectivity index (χ1) is 9.13. The quantitative estimate of drug-likeness (QED) is 0.839. The highest BCUT2D eigenvalue weighted by Crippen LogP contribution is 2.12. The van der Waals surface area contributed by atoms with Crippen molar-refractivity contribution in [2.24, 2.45) is 0 Å². The Bertz CT molecular complexity index is 608. The Balaban J connectivity index is 1.99. The van der Waals surface area contributed by atoms with E-state index in [9.17, 15) is 9.18 Å². The van der Waals surface area contributed by atoms with E-state index in [-0.39, 0.29) is 11.7 Å². The van der Waals surface area contributed by atoms with Gasteiger partial charge in [0.25, 0.3) is 0 Å². The van der Waals surface area contributed by atoms with Crippen molar-refractivity contribution in [3.05, 3.63) is 71.0 Å². The normalized spacial score (nSPS) is 10.6. The van der Waals surface area contributed by atoms with Gasteiger partial charge in [0.1, 0.15) is 5.82 Å². The summed E-state index contributed by atoms with van der Waals surface area (Å²) in [5.74, 6) is -0.626. The average molecular weight is 276 g/mol. The van der Waals surface area contributed by atoms with Gasteiger partial charge in [-0.15, -0.1) is 0 Å². The van der Waals surface area contributed by atoms with Crippen LogP contribution in [-0.2, 0) is 4.79 Å². The number of hydrogen-bond acceptors (Lipinski definition) is 1. The Labute approximate surface area is 115 Å². The second-order valence-corrected chi connectivity index (χ2v) is 4.32. The van der Waals surface area contributed by atoms with Crippen molar-refractivity contribution in [3.8, 4) is 0 Å². The number of benzene rings is 2. The molecule has 1 amide bonds. The molecule has 2 aromatic carbocycles. The lowest BCUT2D eigenvalue weighted by Crippen LogP contribution is -2.07. The highest BCUT2D eigenvalue weighted by atomic mass is 35.5. The predicted molar refractivity (Wildman–Crippen MR) is 75.5 cm³/mol. The van der Waals surface area contributed by atoms with Crippen molar-refractivity contribution >= 4 is 29.3 Å². The van der Waals surface area contributed by atoms with E-state index in [1.165, 1.54) is 30.3 Å². The van der Waals surface area contributed by atoms with Crippen LogP contribution in [0.4, 0.5) is 10.1 Å². The lowest BCUT2D eigenvalue weighted by atomic mass is 10.2. The first-order valence-electron chi connectivity index (χ1n) is 5.64. The molecule has 0 radical (unpaired) electrons. The van der Waals surface area contributed by atoms with Crippen molar-refractivity contribution in [3.63, 3.8) is 0 Å². The first-order valence-corrected chi connectivity index (χ1v) is 6.01. The van der Waals surface area contributed by atoms with Crippen LogP contribution in [0.5, 0.6) is 0 Å². The lowest BCUT2D eigenvalue weighted by molar-refractivity contribution is -0.111. The number of carbonyl (C=O) groups is 1. The molecule has 2 nitrogen and oxygen atoms in total. The summed E-state index contributed by atoms with van der Waals surface area (Å²) < 4.78 is 12.7. The number of nitrogens with one attached hydrogen (secondary N) is 1. The van der Waals surface area contributed by atoms with Crippen LogP contribution in [0.15, 0.2) is 54.6 Å². The maximum Gasteiger partial charge on any atom is 0.248 e. The average Bonchev–Trinajstić information content (AvgIpc) is 2.39. The van der Waals surface area contributed by atoms with Crippen LogP contribution in [0.3, 0.4) is 0 Å². The third-order valence-electron chi connectivity index (χ3n) is 2.39. The molecule has 0 saturated heterocycles. The number of amides is 1. The molecule has 0 aromatic heterocycles. The molecule has 96 valence electrons. The Morgan fingerprint density at radius 2 is 1.89 bits per heavy atom. The first kappa shape index (κ1) is 13.3. The summed E-state index contributed by atoms with van der Waals surface area (Å²) in [6, 6.07) is 12.7. The fourth-order valence-electron chi connectivity index (χ4n) is 1.50. The Kier molecular flexibility index (Phi) is 4.31. The molecule has 2 rings (SSSR count). The van der Waals surface area contributed by atoms with E-state index in [4.69, 9.17) is 11.6 Å². The van der Waals surface area contributed by atoms with Gasteiger partial charge < -0.3 is 5.32 Å². The topological polar surface area (TPSA) is 29.1 Å². The Morgan fingerprint density at radius 3 is 2.58 bits per heavy atom. The number of carbonyl (C=O) groups excluding carboxylic acids is 1. The van der Waals surface area contributed by atoms with E-state index in [1.807, 2.05) is 6.07 Å². The number of rotatable bonds is 3. The van der Waals surface area contributed by atoms with Gasteiger partial charge in [0.2, 0.25) is 5.91 Å². The van der Waals surface area contributed by atoms with E-state index in [1.54, 1.807) is 24.3 Å². The van der Waals surface area contributed by atoms with Crippen molar-refractivity contribution in [1.29, 1.82) is 0 Å². The zero-order valence-corrected chi connectivity index (χ0v) is 10.7. The van der Waals surface area contributed by atoms with Gasteiger partial charge in [-0.3, -0.25) is 4.79 Å². The van der Waals surface area contributed by atoms with E-state index in [0.29, 0.717) is 10.7 Å². The smallest absolute Gasteiger partial charge is 0.248 e. The van der Waals surface area contributed by atoms with Crippen LogP contribution in [0.1, 0.15) is 5.56 Å². The summed E-state index contributed by atoms with van der Waals surface area (Å²) >= 11 is 5.83. The molecule has 0 fully saturated rings. The molecular weight excluding hydrogens is 265 g/mol. The number of halogens is 2. The van der Waals surface area contributed by atoms with Gasteiger partial charge >= 0.3 is 0 Å². The number of hydrogen-bond donors (Lipinski definition) is 1. The zero-order chi connectivity index (χ0) is 13.7. The highest BCUT2D eigenvalue weighted by molar-refractivity contribution is 6.30. The van der Waals surface area contributed by atoms with E-state index >= 15 is 0 Å². The Hall–Kier alpha value is -2.13. The third kappa shape index (κ3) is 4.23. The summed E-state index contributed by atoms with van der Waals surface area (Å²) in [6.07, 6.45) is 3.06. The van der Waals surface area contributed by atoms with Crippen LogP contribution in [0.25, 0.3) is 6.08 Å². The molecule has 4 heteroatoms. The predicted octanol–water partition coefficient (Wildman–Crippen LogP) is 4.13. The van der Waals surface area contributed by atoms with Gasteiger partial charge in [-0.25, -0.2) is 4.39 Å². The zero-order valence-electron chi connectivity index (χ0n) is 9.94. The molecule has 0 aliphatic carbocycles. The SMILES string of the molecule is O=C(C=Cc1cccc(Cl)c1)Nc1ccc(F)cc1. The molecular formula is C15H11ClFNO. The van der Waals surface area contributed by atoms with Gasteiger partial charge in [-0.05, 0) is 48.0 Å². The van der Waals surface area contributed by atoms with Crippen molar-refractivity contribution in [2.45, 2.75) is 0 Å².